The molecule has 160 valence electrons. The lowest BCUT2D eigenvalue weighted by molar-refractivity contribution is -0.144. The molecule has 0 saturated carbocycles. The normalized spacial score (nSPS) is 11.1. The summed E-state index contributed by atoms with van der Waals surface area (Å²) in [7, 11) is 0. The third-order valence-electron chi connectivity index (χ3n) is 4.69. The standard InChI is InChI=1S/C20H40N2O5/c1-2-3-4-5-6-7-8-9-10-11-19(25)22(18-20(26)27)13-12-21(14-16-23)15-17-24/h23-24H,2-18H2,1H3,(H,26,27). The summed E-state index contributed by atoms with van der Waals surface area (Å²) in [5, 5.41) is 27.1. The molecular weight excluding hydrogens is 348 g/mol. The Morgan fingerprint density at radius 2 is 1.26 bits per heavy atom. The molecule has 0 heterocycles. The minimum absolute atomic E-state index is 0.0364. The average molecular weight is 389 g/mol. The number of aliphatic hydroxyl groups is 2. The van der Waals surface area contributed by atoms with Crippen molar-refractivity contribution >= 4 is 11.9 Å². The van der Waals surface area contributed by atoms with E-state index in [9.17, 15) is 9.59 Å². The quantitative estimate of drug-likeness (QED) is 0.293. The average Bonchev–Trinajstić information content (AvgIpc) is 2.63. The third-order valence-corrected chi connectivity index (χ3v) is 4.69. The third kappa shape index (κ3) is 15.6. The Morgan fingerprint density at radius 3 is 1.74 bits per heavy atom. The second-order valence-corrected chi connectivity index (χ2v) is 7.08. The number of amides is 1. The molecule has 0 radical (unpaired) electrons. The fraction of sp³-hybridized carbons (Fsp3) is 0.900. The van der Waals surface area contributed by atoms with E-state index < -0.39 is 5.97 Å². The highest BCUT2D eigenvalue weighted by atomic mass is 16.4. The van der Waals surface area contributed by atoms with Crippen LogP contribution in [0.3, 0.4) is 0 Å². The molecule has 7 nitrogen and oxygen atoms in total. The maximum Gasteiger partial charge on any atom is 0.323 e. The highest BCUT2D eigenvalue weighted by Gasteiger charge is 2.17. The van der Waals surface area contributed by atoms with Gasteiger partial charge in [-0.3, -0.25) is 14.5 Å². The summed E-state index contributed by atoms with van der Waals surface area (Å²) in [5.74, 6) is -1.15. The molecule has 0 aliphatic rings. The van der Waals surface area contributed by atoms with E-state index in [1.54, 1.807) is 0 Å². The van der Waals surface area contributed by atoms with Crippen molar-refractivity contribution < 1.29 is 24.9 Å². The predicted octanol–water partition coefficient (Wildman–Crippen LogP) is 2.11. The van der Waals surface area contributed by atoms with Crippen LogP contribution in [0.4, 0.5) is 0 Å². The molecule has 0 aromatic rings. The fourth-order valence-electron chi connectivity index (χ4n) is 3.08. The summed E-state index contributed by atoms with van der Waals surface area (Å²) in [4.78, 5) is 26.6. The first-order valence-electron chi connectivity index (χ1n) is 10.5. The Kier molecular flexibility index (Phi) is 17.4. The van der Waals surface area contributed by atoms with E-state index in [0.29, 0.717) is 32.6 Å². The number of carboxylic acids is 1. The molecule has 0 aliphatic heterocycles. The number of aliphatic hydroxyl groups excluding tert-OH is 2. The van der Waals surface area contributed by atoms with Crippen molar-refractivity contribution in [1.29, 1.82) is 0 Å². The van der Waals surface area contributed by atoms with Crippen molar-refractivity contribution in [3.63, 3.8) is 0 Å². The van der Waals surface area contributed by atoms with Crippen molar-refractivity contribution in [2.75, 3.05) is 45.9 Å². The SMILES string of the molecule is CCCCCCCCCCCC(=O)N(CCN(CCO)CCO)CC(=O)O. The molecule has 0 unspecified atom stereocenters. The van der Waals surface area contributed by atoms with E-state index in [2.05, 4.69) is 6.92 Å². The van der Waals surface area contributed by atoms with Crippen LogP contribution < -0.4 is 0 Å². The molecule has 0 fully saturated rings. The molecule has 0 spiro atoms. The van der Waals surface area contributed by atoms with Crippen molar-refractivity contribution in [2.24, 2.45) is 0 Å². The van der Waals surface area contributed by atoms with Gasteiger partial charge in [0.15, 0.2) is 0 Å². The lowest BCUT2D eigenvalue weighted by Crippen LogP contribution is -2.42. The summed E-state index contributed by atoms with van der Waals surface area (Å²) in [6, 6.07) is 0. The maximum absolute atomic E-state index is 12.4. The molecule has 0 bridgehead atoms. The van der Waals surface area contributed by atoms with Crippen molar-refractivity contribution in [2.45, 2.75) is 71.1 Å². The lowest BCUT2D eigenvalue weighted by atomic mass is 10.1. The molecule has 0 atom stereocenters. The monoisotopic (exact) mass is 388 g/mol. The van der Waals surface area contributed by atoms with Gasteiger partial charge >= 0.3 is 5.97 Å². The molecule has 3 N–H and O–H groups in total. The van der Waals surface area contributed by atoms with E-state index in [-0.39, 0.29) is 25.7 Å². The van der Waals surface area contributed by atoms with Crippen LogP contribution in [0.2, 0.25) is 0 Å². The molecule has 1 amide bonds. The molecule has 0 aliphatic carbocycles. The number of nitrogens with zero attached hydrogens (tertiary/aromatic N) is 2. The molecular formula is C20H40N2O5. The summed E-state index contributed by atoms with van der Waals surface area (Å²) < 4.78 is 0. The van der Waals surface area contributed by atoms with Crippen LogP contribution >= 0.6 is 0 Å². The van der Waals surface area contributed by atoms with E-state index in [0.717, 1.165) is 19.3 Å². The zero-order valence-corrected chi connectivity index (χ0v) is 17.1. The van der Waals surface area contributed by atoms with Gasteiger partial charge in [0.05, 0.1) is 13.2 Å². The lowest BCUT2D eigenvalue weighted by Gasteiger charge is -2.26. The van der Waals surface area contributed by atoms with Gasteiger partial charge in [0.2, 0.25) is 5.91 Å². The zero-order valence-electron chi connectivity index (χ0n) is 17.1. The van der Waals surface area contributed by atoms with Gasteiger partial charge in [-0.05, 0) is 6.42 Å². The molecule has 27 heavy (non-hydrogen) atoms. The first-order valence-corrected chi connectivity index (χ1v) is 10.5. The molecule has 0 rings (SSSR count). The number of hydrogen-bond donors (Lipinski definition) is 3. The van der Waals surface area contributed by atoms with E-state index in [1.807, 2.05) is 4.90 Å². The van der Waals surface area contributed by atoms with E-state index >= 15 is 0 Å². The van der Waals surface area contributed by atoms with E-state index in [4.69, 9.17) is 15.3 Å². The minimum atomic E-state index is -1.02. The van der Waals surface area contributed by atoms with Crippen LogP contribution in [0.15, 0.2) is 0 Å². The number of unbranched alkanes of at least 4 members (excludes halogenated alkanes) is 8. The molecule has 7 heteroatoms. The first-order chi connectivity index (χ1) is 13.0. The molecule has 0 saturated heterocycles. The van der Waals surface area contributed by atoms with Gasteiger partial charge < -0.3 is 20.2 Å². The number of carbonyl (C=O) groups is 2. The van der Waals surface area contributed by atoms with Crippen LogP contribution in [-0.2, 0) is 9.59 Å². The fourth-order valence-corrected chi connectivity index (χ4v) is 3.08. The van der Waals surface area contributed by atoms with Gasteiger partial charge in [-0.1, -0.05) is 58.3 Å². The van der Waals surface area contributed by atoms with Gasteiger partial charge in [0, 0.05) is 32.6 Å². The van der Waals surface area contributed by atoms with Gasteiger partial charge in [0.1, 0.15) is 6.54 Å². The van der Waals surface area contributed by atoms with Gasteiger partial charge in [-0.25, -0.2) is 0 Å². The van der Waals surface area contributed by atoms with Crippen molar-refractivity contribution in [1.82, 2.24) is 9.80 Å². The Bertz CT molecular complexity index is 373. The molecule has 0 aromatic carbocycles. The van der Waals surface area contributed by atoms with Crippen LogP contribution in [0.5, 0.6) is 0 Å². The number of aliphatic carboxylic acids is 1. The van der Waals surface area contributed by atoms with E-state index in [1.165, 1.54) is 43.4 Å². The Hall–Kier alpha value is -1.18. The number of carbonyl (C=O) groups excluding carboxylic acids is 1. The topological polar surface area (TPSA) is 101 Å². The molecule has 0 aromatic heterocycles. The summed E-state index contributed by atoms with van der Waals surface area (Å²) in [5.41, 5.74) is 0. The highest BCUT2D eigenvalue weighted by Crippen LogP contribution is 2.11. The number of rotatable bonds is 19. The maximum atomic E-state index is 12.4. The summed E-state index contributed by atoms with van der Waals surface area (Å²) in [6.07, 6.45) is 10.9. The summed E-state index contributed by atoms with van der Waals surface area (Å²) in [6.45, 7) is 3.36. The Morgan fingerprint density at radius 1 is 0.741 bits per heavy atom. The number of hydrogen-bond acceptors (Lipinski definition) is 5. The Labute approximate surface area is 164 Å². The highest BCUT2D eigenvalue weighted by molar-refractivity contribution is 5.81. The van der Waals surface area contributed by atoms with Crippen LogP contribution in [0.1, 0.15) is 71.1 Å². The van der Waals surface area contributed by atoms with Crippen LogP contribution in [-0.4, -0.2) is 82.9 Å². The van der Waals surface area contributed by atoms with Crippen LogP contribution in [0.25, 0.3) is 0 Å². The zero-order chi connectivity index (χ0) is 20.3. The summed E-state index contributed by atoms with van der Waals surface area (Å²) >= 11 is 0. The van der Waals surface area contributed by atoms with Crippen LogP contribution in [0, 0.1) is 0 Å². The van der Waals surface area contributed by atoms with Crippen molar-refractivity contribution in [3.05, 3.63) is 0 Å². The van der Waals surface area contributed by atoms with Gasteiger partial charge in [-0.15, -0.1) is 0 Å². The van der Waals surface area contributed by atoms with Gasteiger partial charge in [0.25, 0.3) is 0 Å². The largest absolute Gasteiger partial charge is 0.480 e. The Balaban J connectivity index is 4.09. The predicted molar refractivity (Wildman–Crippen MR) is 107 cm³/mol. The first kappa shape index (κ1) is 25.8. The second-order valence-electron chi connectivity index (χ2n) is 7.08. The van der Waals surface area contributed by atoms with Gasteiger partial charge in [-0.2, -0.15) is 0 Å². The smallest absolute Gasteiger partial charge is 0.323 e. The minimum Gasteiger partial charge on any atom is -0.480 e. The van der Waals surface area contributed by atoms with Crippen molar-refractivity contribution in [3.8, 4) is 0 Å². The number of carboxylic acid groups (broad SMARTS) is 1. The second kappa shape index (κ2) is 18.2.